The molecule has 18 heavy (non-hydrogen) atoms. The Labute approximate surface area is 113 Å². The van der Waals surface area contributed by atoms with Crippen LogP contribution in [0.4, 0.5) is 9.80 Å². The lowest BCUT2D eigenvalue weighted by molar-refractivity contribution is 0.0698. The van der Waals surface area contributed by atoms with Crippen LogP contribution in [-0.4, -0.2) is 46.6 Å². The largest absolute Gasteiger partial charge is 0.478 e. The van der Waals surface area contributed by atoms with Crippen molar-refractivity contribution >= 4 is 40.1 Å². The number of aromatic carboxylic acids is 1. The number of nitrogens with zero attached hydrogens (tertiary/aromatic N) is 1. The zero-order chi connectivity index (χ0) is 13.1. The highest BCUT2D eigenvalue weighted by molar-refractivity contribution is 7.99. The highest BCUT2D eigenvalue weighted by atomic mass is 32.2. The van der Waals surface area contributed by atoms with Crippen LogP contribution in [0.3, 0.4) is 0 Å². The van der Waals surface area contributed by atoms with Crippen LogP contribution in [0.1, 0.15) is 16.8 Å². The first-order valence-electron chi connectivity index (χ1n) is 5.52. The number of carbonyl (C=O) groups is 2. The van der Waals surface area contributed by atoms with Crippen LogP contribution in [0, 0.1) is 0 Å². The number of carboxylic acid groups (broad SMARTS) is 1. The molecule has 0 radical (unpaired) electrons. The van der Waals surface area contributed by atoms with E-state index in [1.807, 2.05) is 11.8 Å². The van der Waals surface area contributed by atoms with Gasteiger partial charge in [-0.05, 0) is 23.6 Å². The topological polar surface area (TPSA) is 69.6 Å². The van der Waals surface area contributed by atoms with Crippen LogP contribution in [-0.2, 0) is 0 Å². The fourth-order valence-corrected chi connectivity index (χ4v) is 3.79. The minimum absolute atomic E-state index is 0.141. The van der Waals surface area contributed by atoms with Crippen molar-refractivity contribution in [3.63, 3.8) is 0 Å². The number of carboxylic acids is 1. The Morgan fingerprint density at radius 2 is 2.33 bits per heavy atom. The summed E-state index contributed by atoms with van der Waals surface area (Å²) in [5.74, 6) is 0.993. The van der Waals surface area contributed by atoms with Crippen molar-refractivity contribution in [3.8, 4) is 0 Å². The Bertz CT molecular complexity index is 455. The maximum absolute atomic E-state index is 12.0. The SMILES string of the molecule is CN(C(=O)Nc1sccc1C(=O)O)C1CCSC1. The first-order valence-corrected chi connectivity index (χ1v) is 7.55. The van der Waals surface area contributed by atoms with E-state index in [4.69, 9.17) is 5.11 Å². The molecule has 2 N–H and O–H groups in total. The first-order chi connectivity index (χ1) is 8.59. The first kappa shape index (κ1) is 13.2. The van der Waals surface area contributed by atoms with Crippen LogP contribution in [0.2, 0.25) is 0 Å². The number of anilines is 1. The van der Waals surface area contributed by atoms with Crippen molar-refractivity contribution < 1.29 is 14.7 Å². The van der Waals surface area contributed by atoms with E-state index in [2.05, 4.69) is 5.32 Å². The average Bonchev–Trinajstić information content (AvgIpc) is 2.98. The van der Waals surface area contributed by atoms with Gasteiger partial charge in [-0.1, -0.05) is 0 Å². The predicted molar refractivity (Wildman–Crippen MR) is 73.8 cm³/mol. The molecule has 2 heterocycles. The molecule has 0 spiro atoms. The normalized spacial score (nSPS) is 18.6. The summed E-state index contributed by atoms with van der Waals surface area (Å²) in [5, 5.41) is 13.7. The van der Waals surface area contributed by atoms with Gasteiger partial charge in [0.15, 0.2) is 0 Å². The highest BCUT2D eigenvalue weighted by Gasteiger charge is 2.25. The van der Waals surface area contributed by atoms with E-state index < -0.39 is 5.97 Å². The number of thioether (sulfide) groups is 1. The van der Waals surface area contributed by atoms with E-state index in [1.54, 1.807) is 17.3 Å². The quantitative estimate of drug-likeness (QED) is 0.895. The second kappa shape index (κ2) is 5.62. The zero-order valence-electron chi connectivity index (χ0n) is 9.88. The third-order valence-electron chi connectivity index (χ3n) is 2.89. The molecule has 1 saturated heterocycles. The highest BCUT2D eigenvalue weighted by Crippen LogP contribution is 2.25. The fourth-order valence-electron chi connectivity index (χ4n) is 1.75. The van der Waals surface area contributed by atoms with Crippen LogP contribution in [0.25, 0.3) is 0 Å². The van der Waals surface area contributed by atoms with Crippen molar-refractivity contribution in [3.05, 3.63) is 17.0 Å². The van der Waals surface area contributed by atoms with Gasteiger partial charge in [-0.2, -0.15) is 11.8 Å². The Balaban J connectivity index is 2.02. The molecule has 1 aliphatic rings. The molecular formula is C11H14N2O3S2. The number of carbonyl (C=O) groups excluding carboxylic acids is 1. The van der Waals surface area contributed by atoms with Crippen molar-refractivity contribution in [2.24, 2.45) is 0 Å². The molecule has 7 heteroatoms. The molecule has 1 atom stereocenters. The molecule has 1 aromatic heterocycles. The maximum Gasteiger partial charge on any atom is 0.338 e. The van der Waals surface area contributed by atoms with E-state index in [9.17, 15) is 9.59 Å². The van der Waals surface area contributed by atoms with E-state index in [1.165, 1.54) is 17.4 Å². The van der Waals surface area contributed by atoms with E-state index >= 15 is 0 Å². The van der Waals surface area contributed by atoms with Crippen LogP contribution in [0.5, 0.6) is 0 Å². The molecular weight excluding hydrogens is 272 g/mol. The minimum atomic E-state index is -1.02. The third kappa shape index (κ3) is 2.78. The molecule has 1 aliphatic heterocycles. The Morgan fingerprint density at radius 1 is 1.56 bits per heavy atom. The standard InChI is InChI=1S/C11H14N2O3S2/c1-13(7-2-4-17-6-7)11(16)12-9-8(10(14)15)3-5-18-9/h3,5,7H,2,4,6H2,1H3,(H,12,16)(H,14,15). The van der Waals surface area contributed by atoms with Gasteiger partial charge in [0.2, 0.25) is 0 Å². The fraction of sp³-hybridized carbons (Fsp3) is 0.455. The van der Waals surface area contributed by atoms with Crippen LogP contribution >= 0.6 is 23.1 Å². The van der Waals surface area contributed by atoms with E-state index in [0.29, 0.717) is 5.00 Å². The summed E-state index contributed by atoms with van der Waals surface area (Å²) in [6, 6.07) is 1.49. The Hall–Kier alpha value is -1.21. The zero-order valence-corrected chi connectivity index (χ0v) is 11.5. The molecule has 0 aliphatic carbocycles. The lowest BCUT2D eigenvalue weighted by atomic mass is 10.2. The molecule has 0 saturated carbocycles. The van der Waals surface area contributed by atoms with Gasteiger partial charge >= 0.3 is 12.0 Å². The Morgan fingerprint density at radius 3 is 2.94 bits per heavy atom. The second-order valence-corrected chi connectivity index (χ2v) is 6.09. The predicted octanol–water partition coefficient (Wildman–Crippen LogP) is 2.42. The van der Waals surface area contributed by atoms with Gasteiger partial charge in [-0.25, -0.2) is 9.59 Å². The smallest absolute Gasteiger partial charge is 0.338 e. The summed E-state index contributed by atoms with van der Waals surface area (Å²) < 4.78 is 0. The average molecular weight is 286 g/mol. The van der Waals surface area contributed by atoms with Gasteiger partial charge in [0.05, 0.1) is 5.56 Å². The number of hydrogen-bond acceptors (Lipinski definition) is 4. The van der Waals surface area contributed by atoms with Gasteiger partial charge in [0.25, 0.3) is 0 Å². The summed E-state index contributed by atoms with van der Waals surface area (Å²) >= 11 is 3.05. The summed E-state index contributed by atoms with van der Waals surface area (Å²) in [6.45, 7) is 0. The monoisotopic (exact) mass is 286 g/mol. The Kier molecular flexibility index (Phi) is 4.13. The summed E-state index contributed by atoms with van der Waals surface area (Å²) in [6.07, 6.45) is 0.991. The molecule has 2 amide bonds. The van der Waals surface area contributed by atoms with E-state index in [0.717, 1.165) is 17.9 Å². The molecule has 0 aromatic carbocycles. The molecule has 5 nitrogen and oxygen atoms in total. The van der Waals surface area contributed by atoms with Crippen molar-refractivity contribution in [2.45, 2.75) is 12.5 Å². The number of urea groups is 1. The number of hydrogen-bond donors (Lipinski definition) is 2. The van der Waals surface area contributed by atoms with Gasteiger partial charge in [0, 0.05) is 18.8 Å². The van der Waals surface area contributed by atoms with Gasteiger partial charge in [0.1, 0.15) is 5.00 Å². The van der Waals surface area contributed by atoms with Gasteiger partial charge in [-0.15, -0.1) is 11.3 Å². The van der Waals surface area contributed by atoms with Gasteiger partial charge < -0.3 is 10.0 Å². The molecule has 1 aromatic rings. The van der Waals surface area contributed by atoms with E-state index in [-0.39, 0.29) is 17.6 Å². The number of amides is 2. The molecule has 1 unspecified atom stereocenters. The lowest BCUT2D eigenvalue weighted by Crippen LogP contribution is -2.39. The molecule has 2 rings (SSSR count). The summed E-state index contributed by atoms with van der Waals surface area (Å²) in [5.41, 5.74) is 0.141. The van der Waals surface area contributed by atoms with Crippen LogP contribution < -0.4 is 5.32 Å². The van der Waals surface area contributed by atoms with Crippen molar-refractivity contribution in [1.82, 2.24) is 4.90 Å². The van der Waals surface area contributed by atoms with Gasteiger partial charge in [-0.3, -0.25) is 5.32 Å². The molecule has 1 fully saturated rings. The third-order valence-corrected chi connectivity index (χ3v) is 4.86. The number of thiophene rings is 1. The van der Waals surface area contributed by atoms with Crippen molar-refractivity contribution in [2.75, 3.05) is 23.9 Å². The van der Waals surface area contributed by atoms with Crippen LogP contribution in [0.15, 0.2) is 11.4 Å². The summed E-state index contributed by atoms with van der Waals surface area (Å²) in [4.78, 5) is 24.6. The number of rotatable bonds is 3. The molecule has 98 valence electrons. The minimum Gasteiger partial charge on any atom is -0.478 e. The second-order valence-electron chi connectivity index (χ2n) is 4.03. The lowest BCUT2D eigenvalue weighted by Gasteiger charge is -2.23. The summed E-state index contributed by atoms with van der Waals surface area (Å²) in [7, 11) is 1.75. The maximum atomic E-state index is 12.0. The molecule has 0 bridgehead atoms. The number of nitrogens with one attached hydrogen (secondary N) is 1. The van der Waals surface area contributed by atoms with Crippen molar-refractivity contribution in [1.29, 1.82) is 0 Å².